The Morgan fingerprint density at radius 2 is 2.37 bits per heavy atom. The first-order valence-corrected chi connectivity index (χ1v) is 6.62. The molecule has 0 saturated heterocycles. The van der Waals surface area contributed by atoms with Gasteiger partial charge in [-0.2, -0.15) is 0 Å². The molecule has 0 aliphatic heterocycles. The lowest BCUT2D eigenvalue weighted by molar-refractivity contribution is 0.0600. The van der Waals surface area contributed by atoms with Crippen LogP contribution in [-0.2, 0) is 11.3 Å². The average molecular weight is 264 g/mol. The van der Waals surface area contributed by atoms with Gasteiger partial charge in [-0.3, -0.25) is 4.98 Å². The molecule has 0 radical (unpaired) electrons. The zero-order valence-electron chi connectivity index (χ0n) is 11.1. The number of nitrogens with one attached hydrogen (secondary N) is 1. The first-order chi connectivity index (χ1) is 9.20. The Kier molecular flexibility index (Phi) is 4.87. The Balaban J connectivity index is 1.78. The Bertz CT molecular complexity index is 419. The number of carbonyl (C=O) groups excluding carboxylic acids is 1. The van der Waals surface area contributed by atoms with Crippen LogP contribution in [0.15, 0.2) is 18.3 Å². The van der Waals surface area contributed by atoms with Crippen molar-refractivity contribution in [1.82, 2.24) is 10.3 Å². The molecule has 1 aliphatic rings. The van der Waals surface area contributed by atoms with Crippen LogP contribution in [-0.4, -0.2) is 35.8 Å². The predicted molar refractivity (Wildman–Crippen MR) is 70.6 cm³/mol. The second kappa shape index (κ2) is 6.63. The molecule has 1 aromatic heterocycles. The van der Waals surface area contributed by atoms with E-state index < -0.39 is 0 Å². The highest BCUT2D eigenvalue weighted by Crippen LogP contribution is 2.24. The fourth-order valence-electron chi connectivity index (χ4n) is 2.41. The Morgan fingerprint density at radius 3 is 2.95 bits per heavy atom. The molecule has 1 fully saturated rings. The zero-order valence-corrected chi connectivity index (χ0v) is 11.1. The molecule has 19 heavy (non-hydrogen) atoms. The third kappa shape index (κ3) is 3.75. The van der Waals surface area contributed by atoms with E-state index in [1.54, 1.807) is 6.07 Å². The lowest BCUT2D eigenvalue weighted by Crippen LogP contribution is -2.27. The number of aliphatic hydroxyl groups excluding tert-OH is 1. The fraction of sp³-hybridized carbons (Fsp3) is 0.571. The quantitative estimate of drug-likeness (QED) is 0.780. The van der Waals surface area contributed by atoms with Crippen LogP contribution >= 0.6 is 0 Å². The molecule has 1 aromatic rings. The molecule has 1 saturated carbocycles. The first-order valence-electron chi connectivity index (χ1n) is 6.62. The Labute approximate surface area is 113 Å². The highest BCUT2D eigenvalue weighted by molar-refractivity contribution is 5.88. The van der Waals surface area contributed by atoms with E-state index in [9.17, 15) is 9.90 Å². The van der Waals surface area contributed by atoms with Crippen molar-refractivity contribution in [2.75, 3.05) is 13.7 Å². The van der Waals surface area contributed by atoms with Crippen LogP contribution in [0.3, 0.4) is 0 Å². The van der Waals surface area contributed by atoms with Crippen molar-refractivity contribution in [3.8, 4) is 0 Å². The smallest absolute Gasteiger partial charge is 0.339 e. The van der Waals surface area contributed by atoms with Gasteiger partial charge >= 0.3 is 5.97 Å². The van der Waals surface area contributed by atoms with Gasteiger partial charge in [-0.25, -0.2) is 4.79 Å². The van der Waals surface area contributed by atoms with Crippen LogP contribution in [0.25, 0.3) is 0 Å². The van der Waals surface area contributed by atoms with Crippen molar-refractivity contribution >= 4 is 5.97 Å². The van der Waals surface area contributed by atoms with E-state index in [0.717, 1.165) is 31.5 Å². The predicted octanol–water partition coefficient (Wildman–Crippen LogP) is 1.12. The van der Waals surface area contributed by atoms with Gasteiger partial charge in [0.25, 0.3) is 0 Å². The maximum absolute atomic E-state index is 11.2. The SMILES string of the molecule is COC(=O)c1ccc(CNCC2CCCC2O)nc1. The van der Waals surface area contributed by atoms with Gasteiger partial charge < -0.3 is 15.2 Å². The summed E-state index contributed by atoms with van der Waals surface area (Å²) in [6.45, 7) is 1.45. The van der Waals surface area contributed by atoms with Crippen molar-refractivity contribution in [3.63, 3.8) is 0 Å². The van der Waals surface area contributed by atoms with Crippen LogP contribution in [0.4, 0.5) is 0 Å². The summed E-state index contributed by atoms with van der Waals surface area (Å²) in [7, 11) is 1.35. The number of esters is 1. The van der Waals surface area contributed by atoms with Gasteiger partial charge in [0.05, 0.1) is 24.5 Å². The number of pyridine rings is 1. The molecule has 0 aromatic carbocycles. The van der Waals surface area contributed by atoms with Crippen LogP contribution in [0.1, 0.15) is 35.3 Å². The topological polar surface area (TPSA) is 71.5 Å². The number of methoxy groups -OCH3 is 1. The minimum absolute atomic E-state index is 0.165. The van der Waals surface area contributed by atoms with Crippen molar-refractivity contribution in [3.05, 3.63) is 29.6 Å². The second-order valence-corrected chi connectivity index (χ2v) is 4.92. The lowest BCUT2D eigenvalue weighted by Gasteiger charge is -2.14. The molecule has 104 valence electrons. The Hall–Kier alpha value is -1.46. The molecule has 2 atom stereocenters. The van der Waals surface area contributed by atoms with E-state index in [1.165, 1.54) is 13.3 Å². The zero-order chi connectivity index (χ0) is 13.7. The summed E-state index contributed by atoms with van der Waals surface area (Å²) in [5.41, 5.74) is 1.33. The number of aliphatic hydroxyl groups is 1. The summed E-state index contributed by atoms with van der Waals surface area (Å²) in [6, 6.07) is 3.52. The van der Waals surface area contributed by atoms with E-state index in [-0.39, 0.29) is 12.1 Å². The van der Waals surface area contributed by atoms with Crippen molar-refractivity contribution in [2.45, 2.75) is 31.9 Å². The van der Waals surface area contributed by atoms with E-state index in [0.29, 0.717) is 18.0 Å². The number of aromatic nitrogens is 1. The molecule has 0 spiro atoms. The number of hydrogen-bond acceptors (Lipinski definition) is 5. The minimum Gasteiger partial charge on any atom is -0.465 e. The number of carbonyl (C=O) groups is 1. The number of hydrogen-bond donors (Lipinski definition) is 2. The van der Waals surface area contributed by atoms with Crippen molar-refractivity contribution in [1.29, 1.82) is 0 Å². The van der Waals surface area contributed by atoms with Gasteiger partial charge in [-0.15, -0.1) is 0 Å². The third-order valence-electron chi connectivity index (χ3n) is 3.58. The van der Waals surface area contributed by atoms with Crippen LogP contribution in [0, 0.1) is 5.92 Å². The average Bonchev–Trinajstić information content (AvgIpc) is 2.84. The normalized spacial score (nSPS) is 22.4. The maximum atomic E-state index is 11.2. The minimum atomic E-state index is -0.374. The summed E-state index contributed by atoms with van der Waals surface area (Å²) in [4.78, 5) is 15.4. The van der Waals surface area contributed by atoms with E-state index in [2.05, 4.69) is 15.0 Å². The molecule has 2 unspecified atom stereocenters. The summed E-state index contributed by atoms with van der Waals surface area (Å²) in [5.74, 6) is -0.0181. The highest BCUT2D eigenvalue weighted by atomic mass is 16.5. The van der Waals surface area contributed by atoms with Crippen LogP contribution in [0.5, 0.6) is 0 Å². The number of nitrogens with zero attached hydrogens (tertiary/aromatic N) is 1. The summed E-state index contributed by atoms with van der Waals surface area (Å²) in [6.07, 6.45) is 4.47. The van der Waals surface area contributed by atoms with Gasteiger partial charge in [0.1, 0.15) is 0 Å². The molecule has 2 N–H and O–H groups in total. The number of ether oxygens (including phenoxy) is 1. The maximum Gasteiger partial charge on any atom is 0.339 e. The summed E-state index contributed by atoms with van der Waals surface area (Å²) in [5, 5.41) is 13.0. The van der Waals surface area contributed by atoms with E-state index in [4.69, 9.17) is 0 Å². The van der Waals surface area contributed by atoms with Gasteiger partial charge in [-0.1, -0.05) is 6.42 Å². The van der Waals surface area contributed by atoms with Crippen LogP contribution in [0.2, 0.25) is 0 Å². The van der Waals surface area contributed by atoms with Gasteiger partial charge in [0, 0.05) is 19.3 Å². The largest absolute Gasteiger partial charge is 0.465 e. The standard InChI is InChI=1S/C14H20N2O3/c1-19-14(18)11-5-6-12(16-8-11)9-15-7-10-3-2-4-13(10)17/h5-6,8,10,13,15,17H,2-4,7,9H2,1H3. The molecular formula is C14H20N2O3. The Morgan fingerprint density at radius 1 is 1.53 bits per heavy atom. The molecule has 0 bridgehead atoms. The molecular weight excluding hydrogens is 244 g/mol. The molecule has 1 aliphatic carbocycles. The van der Waals surface area contributed by atoms with Crippen molar-refractivity contribution < 1.29 is 14.6 Å². The monoisotopic (exact) mass is 264 g/mol. The molecule has 0 amide bonds. The molecule has 2 rings (SSSR count). The summed E-state index contributed by atoms with van der Waals surface area (Å²) >= 11 is 0. The van der Waals surface area contributed by atoms with E-state index in [1.807, 2.05) is 6.07 Å². The highest BCUT2D eigenvalue weighted by Gasteiger charge is 2.24. The first kappa shape index (κ1) is 14.0. The lowest BCUT2D eigenvalue weighted by atomic mass is 10.1. The number of rotatable bonds is 5. The fourth-order valence-corrected chi connectivity index (χ4v) is 2.41. The van der Waals surface area contributed by atoms with E-state index >= 15 is 0 Å². The molecule has 5 nitrogen and oxygen atoms in total. The second-order valence-electron chi connectivity index (χ2n) is 4.92. The summed E-state index contributed by atoms with van der Waals surface area (Å²) < 4.78 is 4.61. The van der Waals surface area contributed by atoms with Gasteiger partial charge in [0.2, 0.25) is 0 Å². The van der Waals surface area contributed by atoms with Crippen LogP contribution < -0.4 is 5.32 Å². The third-order valence-corrected chi connectivity index (χ3v) is 3.58. The van der Waals surface area contributed by atoms with Gasteiger partial charge in [0.15, 0.2) is 0 Å². The van der Waals surface area contributed by atoms with Crippen molar-refractivity contribution in [2.24, 2.45) is 5.92 Å². The molecule has 1 heterocycles. The van der Waals surface area contributed by atoms with Gasteiger partial charge in [-0.05, 0) is 30.9 Å². The molecule has 5 heteroatoms.